The second kappa shape index (κ2) is 5.76. The maximum atomic E-state index is 6.35. The summed E-state index contributed by atoms with van der Waals surface area (Å²) < 4.78 is 0. The Balaban J connectivity index is 2.13. The molecule has 0 saturated carbocycles. The van der Waals surface area contributed by atoms with Crippen LogP contribution in [0.15, 0.2) is 35.7 Å². The van der Waals surface area contributed by atoms with Crippen LogP contribution in [0, 0.1) is 13.8 Å². The number of benzene rings is 1. The minimum atomic E-state index is 0.377. The summed E-state index contributed by atoms with van der Waals surface area (Å²) in [4.78, 5) is 9.83. The molecule has 0 saturated heterocycles. The average Bonchev–Trinajstić information content (AvgIpc) is 2.86. The summed E-state index contributed by atoms with van der Waals surface area (Å²) in [7, 11) is 0. The summed E-state index contributed by atoms with van der Waals surface area (Å²) in [5.41, 5.74) is 3.90. The number of nitrogens with zero attached hydrogens (tertiary/aromatic N) is 2. The van der Waals surface area contributed by atoms with Gasteiger partial charge in [0.1, 0.15) is 10.3 Å². The largest absolute Gasteiger partial charge is 0.215 e. The molecule has 0 aliphatic carbocycles. The van der Waals surface area contributed by atoms with Crippen molar-refractivity contribution >= 4 is 34.5 Å². The Morgan fingerprint density at radius 2 is 1.52 bits per heavy atom. The van der Waals surface area contributed by atoms with Gasteiger partial charge >= 0.3 is 0 Å². The molecule has 0 amide bonds. The lowest BCUT2D eigenvalue weighted by molar-refractivity contribution is 1.18. The van der Waals surface area contributed by atoms with Gasteiger partial charge in [0.25, 0.3) is 0 Å². The lowest BCUT2D eigenvalue weighted by atomic mass is 10.1. The second-order valence-electron chi connectivity index (χ2n) is 4.80. The maximum Gasteiger partial charge on any atom is 0.172 e. The van der Waals surface area contributed by atoms with Gasteiger partial charge in [-0.15, -0.1) is 11.3 Å². The molecule has 3 aromatic rings. The number of thiophene rings is 1. The first-order valence-electron chi connectivity index (χ1n) is 6.41. The van der Waals surface area contributed by atoms with E-state index in [2.05, 4.69) is 9.97 Å². The molecular weight excluding hydrogens is 323 g/mol. The van der Waals surface area contributed by atoms with Gasteiger partial charge < -0.3 is 0 Å². The molecule has 21 heavy (non-hydrogen) atoms. The number of hydrogen-bond acceptors (Lipinski definition) is 3. The van der Waals surface area contributed by atoms with E-state index in [1.165, 1.54) is 5.56 Å². The van der Waals surface area contributed by atoms with Gasteiger partial charge in [0, 0.05) is 0 Å². The molecule has 2 nitrogen and oxygen atoms in total. The highest BCUT2D eigenvalue weighted by Crippen LogP contribution is 2.36. The third-order valence-electron chi connectivity index (χ3n) is 3.23. The lowest BCUT2D eigenvalue weighted by Gasteiger charge is -2.08. The summed E-state index contributed by atoms with van der Waals surface area (Å²) in [5, 5.41) is 2.76. The van der Waals surface area contributed by atoms with E-state index in [0.29, 0.717) is 21.7 Å². The summed E-state index contributed by atoms with van der Waals surface area (Å²) in [6, 6.07) is 10.0. The van der Waals surface area contributed by atoms with E-state index >= 15 is 0 Å². The Hall–Kier alpha value is -1.42. The molecule has 0 atom stereocenters. The fourth-order valence-electron chi connectivity index (χ4n) is 2.07. The fraction of sp³-hybridized carbons (Fsp3) is 0.125. The van der Waals surface area contributed by atoms with Crippen LogP contribution in [-0.2, 0) is 0 Å². The molecule has 0 N–H and O–H groups in total. The second-order valence-corrected chi connectivity index (χ2v) is 6.43. The van der Waals surface area contributed by atoms with E-state index < -0.39 is 0 Å². The third kappa shape index (κ3) is 2.82. The van der Waals surface area contributed by atoms with E-state index in [9.17, 15) is 0 Å². The number of rotatable bonds is 2. The highest BCUT2D eigenvalue weighted by atomic mass is 35.5. The van der Waals surface area contributed by atoms with Gasteiger partial charge in [-0.25, -0.2) is 9.97 Å². The van der Waals surface area contributed by atoms with Crippen molar-refractivity contribution < 1.29 is 0 Å². The minimum absolute atomic E-state index is 0.377. The van der Waals surface area contributed by atoms with Gasteiger partial charge in [0.2, 0.25) is 0 Å². The Kier molecular flexibility index (Phi) is 3.98. The molecular formula is C16H12Cl2N2S. The molecule has 106 valence electrons. The molecule has 0 fully saturated rings. The molecule has 0 aliphatic heterocycles. The van der Waals surface area contributed by atoms with Gasteiger partial charge in [-0.1, -0.05) is 53.0 Å². The van der Waals surface area contributed by atoms with Crippen LogP contribution in [0.2, 0.25) is 10.3 Å². The number of halogens is 2. The van der Waals surface area contributed by atoms with Crippen LogP contribution in [0.5, 0.6) is 0 Å². The molecule has 3 rings (SSSR count). The van der Waals surface area contributed by atoms with Crippen LogP contribution >= 0.6 is 34.5 Å². The van der Waals surface area contributed by atoms with Crippen LogP contribution in [-0.4, -0.2) is 9.97 Å². The van der Waals surface area contributed by atoms with Crippen LogP contribution in [0.25, 0.3) is 21.8 Å². The standard InChI is InChI=1S/C16H12Cl2N2S/c1-9-3-5-11(6-4-9)12-14(17)19-16(20-15(12)18)13-10(2)7-8-21-13/h3-8H,1-2H3. The molecule has 0 spiro atoms. The van der Waals surface area contributed by atoms with Crippen LogP contribution in [0.4, 0.5) is 0 Å². The number of aryl methyl sites for hydroxylation is 2. The highest BCUT2D eigenvalue weighted by Gasteiger charge is 2.16. The van der Waals surface area contributed by atoms with Crippen LogP contribution in [0.3, 0.4) is 0 Å². The van der Waals surface area contributed by atoms with E-state index in [1.54, 1.807) is 11.3 Å². The van der Waals surface area contributed by atoms with Crippen molar-refractivity contribution in [2.75, 3.05) is 0 Å². The monoisotopic (exact) mass is 334 g/mol. The van der Waals surface area contributed by atoms with Gasteiger partial charge in [0.05, 0.1) is 10.4 Å². The molecule has 0 radical (unpaired) electrons. The van der Waals surface area contributed by atoms with Crippen molar-refractivity contribution in [3.8, 4) is 21.8 Å². The first-order valence-corrected chi connectivity index (χ1v) is 8.04. The predicted molar refractivity (Wildman–Crippen MR) is 90.3 cm³/mol. The molecule has 2 aromatic heterocycles. The molecule has 2 heterocycles. The number of hydrogen-bond donors (Lipinski definition) is 0. The maximum absolute atomic E-state index is 6.35. The smallest absolute Gasteiger partial charge is 0.172 e. The lowest BCUT2D eigenvalue weighted by Crippen LogP contribution is -1.94. The first-order chi connectivity index (χ1) is 10.1. The van der Waals surface area contributed by atoms with Gasteiger partial charge in [-0.05, 0) is 36.4 Å². The molecule has 1 aromatic carbocycles. The third-order valence-corrected chi connectivity index (χ3v) is 4.79. The van der Waals surface area contributed by atoms with Crippen LogP contribution < -0.4 is 0 Å². The molecule has 0 aliphatic rings. The quantitative estimate of drug-likeness (QED) is 0.554. The highest BCUT2D eigenvalue weighted by molar-refractivity contribution is 7.13. The van der Waals surface area contributed by atoms with Crippen molar-refractivity contribution in [3.63, 3.8) is 0 Å². The molecule has 0 unspecified atom stereocenters. The van der Waals surface area contributed by atoms with Crippen molar-refractivity contribution in [1.29, 1.82) is 0 Å². The minimum Gasteiger partial charge on any atom is -0.215 e. The summed E-state index contributed by atoms with van der Waals surface area (Å²) in [5.74, 6) is 0.577. The Morgan fingerprint density at radius 1 is 0.905 bits per heavy atom. The van der Waals surface area contributed by atoms with E-state index in [-0.39, 0.29) is 0 Å². The van der Waals surface area contributed by atoms with Gasteiger partial charge in [-0.3, -0.25) is 0 Å². The SMILES string of the molecule is Cc1ccc(-c2c(Cl)nc(-c3sccc3C)nc2Cl)cc1. The van der Waals surface area contributed by atoms with E-state index in [1.807, 2.05) is 49.6 Å². The Bertz CT molecular complexity index is 771. The van der Waals surface area contributed by atoms with E-state index in [0.717, 1.165) is 16.0 Å². The average molecular weight is 335 g/mol. The Labute approximate surface area is 137 Å². The van der Waals surface area contributed by atoms with Gasteiger partial charge in [-0.2, -0.15) is 0 Å². The van der Waals surface area contributed by atoms with Crippen molar-refractivity contribution in [2.24, 2.45) is 0 Å². The Morgan fingerprint density at radius 3 is 2.05 bits per heavy atom. The van der Waals surface area contributed by atoms with Crippen molar-refractivity contribution in [2.45, 2.75) is 13.8 Å². The zero-order valence-electron chi connectivity index (χ0n) is 11.5. The van der Waals surface area contributed by atoms with Crippen LogP contribution in [0.1, 0.15) is 11.1 Å². The predicted octanol–water partition coefficient (Wildman–Crippen LogP) is 5.80. The number of aromatic nitrogens is 2. The topological polar surface area (TPSA) is 25.8 Å². The van der Waals surface area contributed by atoms with Crippen molar-refractivity contribution in [3.05, 3.63) is 57.1 Å². The fourth-order valence-corrected chi connectivity index (χ4v) is 3.53. The van der Waals surface area contributed by atoms with Gasteiger partial charge in [0.15, 0.2) is 5.82 Å². The summed E-state index contributed by atoms with van der Waals surface area (Å²) in [6.45, 7) is 4.05. The summed E-state index contributed by atoms with van der Waals surface area (Å²) >= 11 is 14.3. The zero-order chi connectivity index (χ0) is 15.0. The summed E-state index contributed by atoms with van der Waals surface area (Å²) in [6.07, 6.45) is 0. The normalized spacial score (nSPS) is 10.9. The van der Waals surface area contributed by atoms with E-state index in [4.69, 9.17) is 23.2 Å². The zero-order valence-corrected chi connectivity index (χ0v) is 13.9. The first kappa shape index (κ1) is 14.5. The molecule has 0 bridgehead atoms. The molecule has 5 heteroatoms. The van der Waals surface area contributed by atoms with Crippen molar-refractivity contribution in [1.82, 2.24) is 9.97 Å².